The topological polar surface area (TPSA) is 66.9 Å². The van der Waals surface area contributed by atoms with Crippen LogP contribution >= 0.6 is 15.9 Å². The highest BCUT2D eigenvalue weighted by atomic mass is 79.9. The van der Waals surface area contributed by atoms with Gasteiger partial charge in [-0.2, -0.15) is 0 Å². The Kier molecular flexibility index (Phi) is 5.09. The Hall–Kier alpha value is -2.73. The van der Waals surface area contributed by atoms with Gasteiger partial charge in [0.2, 0.25) is 0 Å². The number of anilines is 3. The highest BCUT2D eigenvalue weighted by molar-refractivity contribution is 9.10. The molecule has 0 fully saturated rings. The van der Waals surface area contributed by atoms with Crippen LogP contribution in [0.3, 0.4) is 0 Å². The second kappa shape index (κ2) is 7.44. The van der Waals surface area contributed by atoms with Crippen LogP contribution < -0.4 is 10.6 Å². The van der Waals surface area contributed by atoms with E-state index < -0.39 is 0 Å². The summed E-state index contributed by atoms with van der Waals surface area (Å²) in [4.78, 5) is 20.8. The van der Waals surface area contributed by atoms with Crippen LogP contribution in [0.15, 0.2) is 59.3 Å². The fourth-order valence-electron chi connectivity index (χ4n) is 2.28. The van der Waals surface area contributed by atoms with E-state index in [0.717, 1.165) is 15.7 Å². The van der Waals surface area contributed by atoms with E-state index in [4.69, 9.17) is 0 Å². The van der Waals surface area contributed by atoms with Crippen LogP contribution in [0.1, 0.15) is 21.6 Å². The van der Waals surface area contributed by atoms with E-state index in [0.29, 0.717) is 11.5 Å². The normalized spacial score (nSPS) is 10.4. The number of halogens is 1. The SMILES string of the molecule is Cc1cccc(Nc2cnc(C(=O)Nc3ccccc3Br)cn2)c1C. The molecule has 2 aromatic carbocycles. The number of hydrogen-bond donors (Lipinski definition) is 2. The van der Waals surface area contributed by atoms with Crippen molar-refractivity contribution in [1.82, 2.24) is 9.97 Å². The molecule has 5 nitrogen and oxygen atoms in total. The van der Waals surface area contributed by atoms with Crippen molar-refractivity contribution < 1.29 is 4.79 Å². The average molecular weight is 397 g/mol. The molecule has 0 aliphatic carbocycles. The third-order valence-corrected chi connectivity index (χ3v) is 4.57. The Morgan fingerprint density at radius 2 is 1.72 bits per heavy atom. The summed E-state index contributed by atoms with van der Waals surface area (Å²) in [5, 5.41) is 6.03. The lowest BCUT2D eigenvalue weighted by Crippen LogP contribution is -2.14. The van der Waals surface area contributed by atoms with Gasteiger partial charge in [0.25, 0.3) is 5.91 Å². The molecule has 1 aromatic heterocycles. The van der Waals surface area contributed by atoms with Crippen LogP contribution in [0.4, 0.5) is 17.2 Å². The number of rotatable bonds is 4. The van der Waals surface area contributed by atoms with Crippen molar-refractivity contribution in [2.75, 3.05) is 10.6 Å². The van der Waals surface area contributed by atoms with Gasteiger partial charge < -0.3 is 10.6 Å². The van der Waals surface area contributed by atoms with E-state index >= 15 is 0 Å². The van der Waals surface area contributed by atoms with Gasteiger partial charge in [-0.1, -0.05) is 24.3 Å². The van der Waals surface area contributed by atoms with E-state index in [1.165, 1.54) is 11.8 Å². The van der Waals surface area contributed by atoms with Crippen LogP contribution in [-0.2, 0) is 0 Å². The van der Waals surface area contributed by atoms with Gasteiger partial charge in [0, 0.05) is 10.2 Å². The highest BCUT2D eigenvalue weighted by Crippen LogP contribution is 2.23. The summed E-state index contributed by atoms with van der Waals surface area (Å²) in [5.41, 5.74) is 4.26. The molecule has 3 rings (SSSR count). The first kappa shape index (κ1) is 17.1. The maximum absolute atomic E-state index is 12.3. The van der Waals surface area contributed by atoms with Crippen molar-refractivity contribution in [3.63, 3.8) is 0 Å². The molecule has 0 atom stereocenters. The van der Waals surface area contributed by atoms with E-state index in [2.05, 4.69) is 49.5 Å². The quantitative estimate of drug-likeness (QED) is 0.661. The third kappa shape index (κ3) is 4.03. The number of benzene rings is 2. The zero-order chi connectivity index (χ0) is 17.8. The minimum atomic E-state index is -0.308. The minimum Gasteiger partial charge on any atom is -0.339 e. The first-order valence-electron chi connectivity index (χ1n) is 7.76. The molecule has 1 heterocycles. The number of hydrogen-bond acceptors (Lipinski definition) is 4. The number of carbonyl (C=O) groups excluding carboxylic acids is 1. The fourth-order valence-corrected chi connectivity index (χ4v) is 2.67. The summed E-state index contributed by atoms with van der Waals surface area (Å²) in [7, 11) is 0. The standard InChI is InChI=1S/C19H17BrN4O/c1-12-6-5-9-15(13(12)2)23-18-11-21-17(10-22-18)19(25)24-16-8-4-3-7-14(16)20/h3-11H,1-2H3,(H,22,23)(H,24,25). The van der Waals surface area contributed by atoms with Gasteiger partial charge in [-0.3, -0.25) is 4.79 Å². The molecule has 0 saturated heterocycles. The van der Waals surface area contributed by atoms with E-state index in [-0.39, 0.29) is 11.6 Å². The first-order chi connectivity index (χ1) is 12.0. The zero-order valence-electron chi connectivity index (χ0n) is 13.9. The molecule has 1 amide bonds. The van der Waals surface area contributed by atoms with E-state index in [9.17, 15) is 4.79 Å². The van der Waals surface area contributed by atoms with Gasteiger partial charge in [0.1, 0.15) is 11.5 Å². The predicted octanol–water partition coefficient (Wildman–Crippen LogP) is 4.85. The van der Waals surface area contributed by atoms with E-state index in [1.54, 1.807) is 6.20 Å². The maximum Gasteiger partial charge on any atom is 0.275 e. The monoisotopic (exact) mass is 396 g/mol. The van der Waals surface area contributed by atoms with Crippen molar-refractivity contribution in [2.45, 2.75) is 13.8 Å². The lowest BCUT2D eigenvalue weighted by atomic mass is 10.1. The number of nitrogens with one attached hydrogen (secondary N) is 2. The van der Waals surface area contributed by atoms with Gasteiger partial charge in [-0.25, -0.2) is 9.97 Å². The van der Waals surface area contributed by atoms with Gasteiger partial charge in [0.05, 0.1) is 18.1 Å². The zero-order valence-corrected chi connectivity index (χ0v) is 15.5. The number of amides is 1. The van der Waals surface area contributed by atoms with Crippen LogP contribution in [0.2, 0.25) is 0 Å². The number of aromatic nitrogens is 2. The molecule has 0 bridgehead atoms. The molecule has 0 aliphatic heterocycles. The van der Waals surface area contributed by atoms with Crippen LogP contribution in [0, 0.1) is 13.8 Å². The molecular weight excluding hydrogens is 380 g/mol. The largest absolute Gasteiger partial charge is 0.339 e. The Bertz CT molecular complexity index is 910. The average Bonchev–Trinajstić information content (AvgIpc) is 2.61. The molecule has 0 radical (unpaired) electrons. The fraction of sp³-hybridized carbons (Fsp3) is 0.105. The summed E-state index contributed by atoms with van der Waals surface area (Å²) in [6, 6.07) is 13.4. The summed E-state index contributed by atoms with van der Waals surface area (Å²) in [6.07, 6.45) is 3.01. The molecule has 0 aliphatic rings. The Morgan fingerprint density at radius 1 is 0.960 bits per heavy atom. The first-order valence-corrected chi connectivity index (χ1v) is 8.55. The minimum absolute atomic E-state index is 0.252. The molecule has 0 saturated carbocycles. The number of aryl methyl sites for hydroxylation is 1. The molecule has 126 valence electrons. The van der Waals surface area contributed by atoms with Gasteiger partial charge in [0.15, 0.2) is 0 Å². The molecule has 6 heteroatoms. The Morgan fingerprint density at radius 3 is 2.44 bits per heavy atom. The lowest BCUT2D eigenvalue weighted by molar-refractivity contribution is 0.102. The van der Waals surface area contributed by atoms with Gasteiger partial charge in [-0.15, -0.1) is 0 Å². The van der Waals surface area contributed by atoms with Crippen LogP contribution in [0.5, 0.6) is 0 Å². The molecule has 25 heavy (non-hydrogen) atoms. The number of para-hydroxylation sites is 1. The highest BCUT2D eigenvalue weighted by Gasteiger charge is 2.10. The van der Waals surface area contributed by atoms with Crippen molar-refractivity contribution >= 4 is 39.0 Å². The second-order valence-corrected chi connectivity index (χ2v) is 6.45. The molecule has 3 aromatic rings. The number of nitrogens with zero attached hydrogens (tertiary/aromatic N) is 2. The third-order valence-electron chi connectivity index (χ3n) is 3.87. The smallest absolute Gasteiger partial charge is 0.275 e. The molecule has 2 N–H and O–H groups in total. The molecule has 0 spiro atoms. The van der Waals surface area contributed by atoms with Crippen LogP contribution in [0.25, 0.3) is 0 Å². The summed E-state index contributed by atoms with van der Waals surface area (Å²) in [5.74, 6) is 0.281. The van der Waals surface area contributed by atoms with Crippen molar-refractivity contribution in [3.8, 4) is 0 Å². The van der Waals surface area contributed by atoms with Gasteiger partial charge in [-0.05, 0) is 59.1 Å². The van der Waals surface area contributed by atoms with Gasteiger partial charge >= 0.3 is 0 Å². The Balaban J connectivity index is 1.73. The second-order valence-electron chi connectivity index (χ2n) is 5.59. The van der Waals surface area contributed by atoms with Crippen molar-refractivity contribution in [2.24, 2.45) is 0 Å². The summed E-state index contributed by atoms with van der Waals surface area (Å²) < 4.78 is 0.810. The van der Waals surface area contributed by atoms with Crippen LogP contribution in [-0.4, -0.2) is 15.9 Å². The maximum atomic E-state index is 12.3. The van der Waals surface area contributed by atoms with Crippen molar-refractivity contribution in [1.29, 1.82) is 0 Å². The predicted molar refractivity (Wildman–Crippen MR) is 103 cm³/mol. The Labute approximate surface area is 154 Å². The molecule has 0 unspecified atom stereocenters. The lowest BCUT2D eigenvalue weighted by Gasteiger charge is -2.11. The molecular formula is C19H17BrN4O. The number of carbonyl (C=O) groups is 1. The summed E-state index contributed by atoms with van der Waals surface area (Å²) >= 11 is 3.40. The summed E-state index contributed by atoms with van der Waals surface area (Å²) in [6.45, 7) is 4.10. The van der Waals surface area contributed by atoms with E-state index in [1.807, 2.05) is 43.3 Å². The van der Waals surface area contributed by atoms with Crippen molar-refractivity contribution in [3.05, 3.63) is 76.2 Å².